The van der Waals surface area contributed by atoms with Crippen LogP contribution in [0, 0.1) is 22.7 Å². The first-order valence-corrected chi connectivity index (χ1v) is 5.45. The fourth-order valence-electron chi connectivity index (χ4n) is 1.27. The lowest BCUT2D eigenvalue weighted by atomic mass is 10.1. The zero-order valence-electron chi connectivity index (χ0n) is 6.91. The topological polar surface area (TPSA) is 47.6 Å². The highest BCUT2D eigenvalue weighted by atomic mass is 79.9. The fourth-order valence-corrected chi connectivity index (χ4v) is 2.81. The van der Waals surface area contributed by atoms with Gasteiger partial charge in [-0.05, 0) is 22.0 Å². The predicted molar refractivity (Wildman–Crippen MR) is 59.0 cm³/mol. The van der Waals surface area contributed by atoms with Crippen molar-refractivity contribution in [3.63, 3.8) is 0 Å². The van der Waals surface area contributed by atoms with Gasteiger partial charge in [0.25, 0.3) is 0 Å². The molecule has 0 unspecified atom stereocenters. The Labute approximate surface area is 93.1 Å². The van der Waals surface area contributed by atoms with Crippen molar-refractivity contribution in [3.8, 4) is 12.1 Å². The third kappa shape index (κ3) is 1.21. The van der Waals surface area contributed by atoms with Crippen LogP contribution in [0.15, 0.2) is 22.0 Å². The minimum Gasteiger partial charge on any atom is -0.192 e. The van der Waals surface area contributed by atoms with Crippen LogP contribution in [0.25, 0.3) is 10.1 Å². The van der Waals surface area contributed by atoms with E-state index in [1.165, 1.54) is 11.3 Å². The molecule has 66 valence electrons. The van der Waals surface area contributed by atoms with Gasteiger partial charge in [0.2, 0.25) is 0 Å². The highest BCUT2D eigenvalue weighted by Crippen LogP contribution is 2.32. The van der Waals surface area contributed by atoms with E-state index in [-0.39, 0.29) is 0 Å². The summed E-state index contributed by atoms with van der Waals surface area (Å²) in [6.45, 7) is 0. The summed E-state index contributed by atoms with van der Waals surface area (Å²) in [4.78, 5) is 0. The third-order valence-corrected chi connectivity index (χ3v) is 3.60. The summed E-state index contributed by atoms with van der Waals surface area (Å²) < 4.78 is 1.65. The lowest BCUT2D eigenvalue weighted by Crippen LogP contribution is -1.78. The van der Waals surface area contributed by atoms with Crippen molar-refractivity contribution in [2.24, 2.45) is 0 Å². The Kier molecular flexibility index (Phi) is 2.25. The molecule has 1 aromatic heterocycles. The summed E-state index contributed by atoms with van der Waals surface area (Å²) in [5.41, 5.74) is 1.24. The first-order valence-electron chi connectivity index (χ1n) is 3.78. The van der Waals surface area contributed by atoms with Gasteiger partial charge in [0, 0.05) is 15.2 Å². The molecule has 0 spiro atoms. The molecule has 2 rings (SSSR count). The molecular weight excluding hydrogens is 260 g/mol. The summed E-state index contributed by atoms with van der Waals surface area (Å²) in [7, 11) is 0. The van der Waals surface area contributed by atoms with E-state index < -0.39 is 0 Å². The number of nitrogens with zero attached hydrogens (tertiary/aromatic N) is 2. The normalized spacial score (nSPS) is 9.64. The van der Waals surface area contributed by atoms with Crippen LogP contribution >= 0.6 is 27.3 Å². The molecule has 1 heterocycles. The average Bonchev–Trinajstić information content (AvgIpc) is 2.60. The Morgan fingerprint density at radius 3 is 2.64 bits per heavy atom. The Hall–Kier alpha value is -1.36. The van der Waals surface area contributed by atoms with Crippen molar-refractivity contribution in [3.05, 3.63) is 33.1 Å². The molecular formula is C10H3BrN2S. The molecule has 2 nitrogen and oxygen atoms in total. The van der Waals surface area contributed by atoms with Crippen LogP contribution in [0.1, 0.15) is 11.1 Å². The van der Waals surface area contributed by atoms with Gasteiger partial charge in [-0.3, -0.25) is 0 Å². The van der Waals surface area contributed by atoms with Crippen LogP contribution in [-0.2, 0) is 0 Å². The maximum Gasteiger partial charge on any atom is 0.102 e. The summed E-state index contributed by atoms with van der Waals surface area (Å²) in [6, 6.07) is 7.89. The number of halogens is 1. The molecule has 1 aromatic carbocycles. The number of thiophene rings is 1. The smallest absolute Gasteiger partial charge is 0.102 e. The molecule has 4 heteroatoms. The summed E-state index contributed by atoms with van der Waals surface area (Å²) in [5.74, 6) is 0. The number of nitriles is 2. The Morgan fingerprint density at radius 2 is 2.00 bits per heavy atom. The van der Waals surface area contributed by atoms with Crippen LogP contribution in [-0.4, -0.2) is 0 Å². The molecule has 0 N–H and O–H groups in total. The maximum absolute atomic E-state index is 8.94. The molecule has 0 aliphatic heterocycles. The van der Waals surface area contributed by atoms with E-state index in [2.05, 4.69) is 28.1 Å². The zero-order chi connectivity index (χ0) is 10.1. The van der Waals surface area contributed by atoms with E-state index in [9.17, 15) is 0 Å². The summed E-state index contributed by atoms with van der Waals surface area (Å²) >= 11 is 4.74. The molecule has 0 bridgehead atoms. The second kappa shape index (κ2) is 3.42. The molecule has 0 radical (unpaired) electrons. The Bertz CT molecular complexity index is 586. The van der Waals surface area contributed by atoms with Crippen molar-refractivity contribution >= 4 is 37.4 Å². The molecule has 0 atom stereocenters. The predicted octanol–water partition coefficient (Wildman–Crippen LogP) is 3.41. The van der Waals surface area contributed by atoms with E-state index in [0.29, 0.717) is 11.1 Å². The minimum absolute atomic E-state index is 0.606. The third-order valence-electron chi connectivity index (χ3n) is 1.92. The molecule has 0 amide bonds. The van der Waals surface area contributed by atoms with Gasteiger partial charge in [-0.2, -0.15) is 10.5 Å². The molecule has 0 saturated carbocycles. The van der Waals surface area contributed by atoms with Gasteiger partial charge < -0.3 is 0 Å². The van der Waals surface area contributed by atoms with Gasteiger partial charge in [0.15, 0.2) is 0 Å². The monoisotopic (exact) mass is 262 g/mol. The number of benzene rings is 1. The number of hydrogen-bond donors (Lipinski definition) is 0. The summed E-state index contributed by atoms with van der Waals surface area (Å²) in [5, 5.41) is 20.4. The molecule has 0 aliphatic carbocycles. The highest BCUT2D eigenvalue weighted by molar-refractivity contribution is 9.10. The zero-order valence-corrected chi connectivity index (χ0v) is 9.32. The van der Waals surface area contributed by atoms with Crippen LogP contribution in [0.2, 0.25) is 0 Å². The first kappa shape index (κ1) is 9.21. The van der Waals surface area contributed by atoms with E-state index in [1.807, 2.05) is 6.07 Å². The first-order chi connectivity index (χ1) is 6.77. The molecule has 14 heavy (non-hydrogen) atoms. The van der Waals surface area contributed by atoms with Gasteiger partial charge >= 0.3 is 0 Å². The number of rotatable bonds is 0. The number of hydrogen-bond acceptors (Lipinski definition) is 3. The lowest BCUT2D eigenvalue weighted by molar-refractivity contribution is 1.49. The highest BCUT2D eigenvalue weighted by Gasteiger charge is 2.10. The van der Waals surface area contributed by atoms with Gasteiger partial charge in [-0.1, -0.05) is 6.07 Å². The van der Waals surface area contributed by atoms with Crippen LogP contribution in [0.4, 0.5) is 0 Å². The van der Waals surface area contributed by atoms with E-state index in [1.54, 1.807) is 11.4 Å². The quantitative estimate of drug-likeness (QED) is 0.731. The van der Waals surface area contributed by atoms with Gasteiger partial charge in [-0.25, -0.2) is 0 Å². The van der Waals surface area contributed by atoms with Gasteiger partial charge in [-0.15, -0.1) is 11.3 Å². The molecule has 0 fully saturated rings. The molecule has 2 aromatic rings. The van der Waals surface area contributed by atoms with Crippen molar-refractivity contribution < 1.29 is 0 Å². The van der Waals surface area contributed by atoms with E-state index in [0.717, 1.165) is 14.6 Å². The fraction of sp³-hybridized carbons (Fsp3) is 0. The minimum atomic E-state index is 0.606. The molecule has 0 saturated heterocycles. The number of fused-ring (bicyclic) bond motifs is 1. The lowest BCUT2D eigenvalue weighted by Gasteiger charge is -1.96. The van der Waals surface area contributed by atoms with E-state index in [4.69, 9.17) is 10.5 Å². The largest absolute Gasteiger partial charge is 0.192 e. The summed E-state index contributed by atoms with van der Waals surface area (Å²) in [6.07, 6.45) is 0. The van der Waals surface area contributed by atoms with Crippen LogP contribution in [0.5, 0.6) is 0 Å². The molecule has 0 aliphatic rings. The average molecular weight is 263 g/mol. The van der Waals surface area contributed by atoms with Gasteiger partial charge in [0.1, 0.15) is 12.1 Å². The van der Waals surface area contributed by atoms with Crippen molar-refractivity contribution in [1.82, 2.24) is 0 Å². The van der Waals surface area contributed by atoms with Crippen LogP contribution < -0.4 is 0 Å². The standard InChI is InChI=1S/C10H3BrN2S/c11-9-2-1-7-6(3-12)5-14-10(7)8(9)4-13/h1-2,5H. The van der Waals surface area contributed by atoms with Crippen molar-refractivity contribution in [2.45, 2.75) is 0 Å². The maximum atomic E-state index is 8.94. The van der Waals surface area contributed by atoms with E-state index >= 15 is 0 Å². The van der Waals surface area contributed by atoms with Gasteiger partial charge in [0.05, 0.1) is 15.8 Å². The second-order valence-electron chi connectivity index (χ2n) is 2.67. The van der Waals surface area contributed by atoms with Crippen molar-refractivity contribution in [1.29, 1.82) is 10.5 Å². The SMILES string of the molecule is N#Cc1csc2c(C#N)c(Br)ccc12. The van der Waals surface area contributed by atoms with Crippen molar-refractivity contribution in [2.75, 3.05) is 0 Å². The second-order valence-corrected chi connectivity index (χ2v) is 4.41. The Balaban J connectivity index is 2.94. The Morgan fingerprint density at radius 1 is 1.21 bits per heavy atom. The van der Waals surface area contributed by atoms with Crippen LogP contribution in [0.3, 0.4) is 0 Å².